The zero-order valence-corrected chi connectivity index (χ0v) is 16.7. The summed E-state index contributed by atoms with van der Waals surface area (Å²) in [4.78, 5) is 14.1. The van der Waals surface area contributed by atoms with Crippen LogP contribution in [-0.2, 0) is 27.9 Å². The highest BCUT2D eigenvalue weighted by atomic mass is 31.2. The highest BCUT2D eigenvalue weighted by molar-refractivity contribution is 7.54. The first-order valence-corrected chi connectivity index (χ1v) is 10.1. The molecule has 8 heteroatoms. The summed E-state index contributed by atoms with van der Waals surface area (Å²) < 4.78 is 36.0. The third-order valence-corrected chi connectivity index (χ3v) is 6.57. The van der Waals surface area contributed by atoms with E-state index in [9.17, 15) is 9.36 Å². The molecule has 1 aromatic carbocycles. The fourth-order valence-corrected chi connectivity index (χ4v) is 5.36. The third kappa shape index (κ3) is 3.50. The van der Waals surface area contributed by atoms with Crippen molar-refractivity contribution in [3.05, 3.63) is 47.5 Å². The van der Waals surface area contributed by atoms with Gasteiger partial charge < -0.3 is 18.5 Å². The normalized spacial score (nSPS) is 18.1. The number of benzene rings is 1. The molecule has 1 aliphatic rings. The lowest BCUT2D eigenvalue weighted by Gasteiger charge is -2.43. The zero-order chi connectivity index (χ0) is 19.4. The van der Waals surface area contributed by atoms with Crippen molar-refractivity contribution in [2.75, 3.05) is 27.4 Å². The molecule has 1 amide bonds. The Bertz CT molecular complexity index is 691. The molecule has 0 aliphatic carbocycles. The van der Waals surface area contributed by atoms with Gasteiger partial charge in [-0.25, -0.2) is 0 Å². The van der Waals surface area contributed by atoms with Crippen LogP contribution in [0.2, 0.25) is 0 Å². The van der Waals surface area contributed by atoms with E-state index in [1.54, 1.807) is 45.0 Å². The average Bonchev–Trinajstić information content (AvgIpc) is 2.87. The van der Waals surface area contributed by atoms with E-state index in [1.165, 1.54) is 25.2 Å². The average molecular weight is 383 g/mol. The Hall–Kier alpha value is -1.50. The van der Waals surface area contributed by atoms with Crippen molar-refractivity contribution in [2.24, 2.45) is 0 Å². The molecule has 0 bridgehead atoms. The molecule has 1 aliphatic heterocycles. The van der Waals surface area contributed by atoms with Crippen molar-refractivity contribution in [3.8, 4) is 0 Å². The predicted octanol–water partition coefficient (Wildman–Crippen LogP) is 3.69. The molecule has 0 saturated carbocycles. The SMILES string of the molecule is CCOP(=O)(OCC)C(c1ccccc1)N1C(=O)C=C(C)C1(OC)OC. The Morgan fingerprint density at radius 2 is 1.62 bits per heavy atom. The molecular weight excluding hydrogens is 357 g/mol. The van der Waals surface area contributed by atoms with E-state index in [0.29, 0.717) is 11.1 Å². The maximum Gasteiger partial charge on any atom is 0.357 e. The van der Waals surface area contributed by atoms with Gasteiger partial charge in [0.15, 0.2) is 5.78 Å². The quantitative estimate of drug-likeness (QED) is 0.478. The van der Waals surface area contributed by atoms with Crippen molar-refractivity contribution in [3.63, 3.8) is 0 Å². The molecule has 1 aromatic rings. The van der Waals surface area contributed by atoms with Gasteiger partial charge in [-0.15, -0.1) is 0 Å². The minimum absolute atomic E-state index is 0.169. The van der Waals surface area contributed by atoms with E-state index < -0.39 is 19.3 Å². The first kappa shape index (κ1) is 20.8. The second-order valence-electron chi connectivity index (χ2n) is 5.69. The molecule has 1 atom stereocenters. The molecule has 0 radical (unpaired) electrons. The third-order valence-electron chi connectivity index (χ3n) is 4.21. The van der Waals surface area contributed by atoms with Crippen molar-refractivity contribution < 1.29 is 27.9 Å². The first-order chi connectivity index (χ1) is 12.4. The van der Waals surface area contributed by atoms with Gasteiger partial charge in [0.1, 0.15) is 0 Å². The van der Waals surface area contributed by atoms with Crippen molar-refractivity contribution in [1.82, 2.24) is 4.90 Å². The number of carbonyl (C=O) groups is 1. The van der Waals surface area contributed by atoms with Gasteiger partial charge in [0.2, 0.25) is 0 Å². The monoisotopic (exact) mass is 383 g/mol. The molecule has 0 spiro atoms. The largest absolute Gasteiger partial charge is 0.357 e. The molecule has 7 nitrogen and oxygen atoms in total. The standard InChI is InChI=1S/C18H26NO6P/c1-6-24-26(21,25-7-2)17(15-11-9-8-10-12-15)19-16(20)13-14(3)18(19,22-4)23-5/h8-13,17H,6-7H2,1-5H3. The van der Waals surface area contributed by atoms with Gasteiger partial charge in [0.25, 0.3) is 11.8 Å². The van der Waals surface area contributed by atoms with Gasteiger partial charge in [-0.3, -0.25) is 14.3 Å². The molecule has 0 saturated heterocycles. The summed E-state index contributed by atoms with van der Waals surface area (Å²) in [5.41, 5.74) is 1.15. The van der Waals surface area contributed by atoms with E-state index in [-0.39, 0.29) is 19.1 Å². The van der Waals surface area contributed by atoms with Gasteiger partial charge in [-0.05, 0) is 26.3 Å². The number of amides is 1. The van der Waals surface area contributed by atoms with Crippen molar-refractivity contribution in [1.29, 1.82) is 0 Å². The lowest BCUT2D eigenvalue weighted by molar-refractivity contribution is -0.260. The summed E-state index contributed by atoms with van der Waals surface area (Å²) in [6.45, 7) is 5.51. The Morgan fingerprint density at radius 1 is 1.08 bits per heavy atom. The van der Waals surface area contributed by atoms with Crippen LogP contribution in [0.4, 0.5) is 0 Å². The second-order valence-corrected chi connectivity index (χ2v) is 7.77. The van der Waals surface area contributed by atoms with E-state index in [1.807, 2.05) is 6.07 Å². The molecule has 144 valence electrons. The summed E-state index contributed by atoms with van der Waals surface area (Å²) in [5.74, 6) is -2.90. The van der Waals surface area contributed by atoms with E-state index in [4.69, 9.17) is 18.5 Å². The first-order valence-electron chi connectivity index (χ1n) is 8.46. The molecule has 0 fully saturated rings. The lowest BCUT2D eigenvalue weighted by Crippen LogP contribution is -2.52. The van der Waals surface area contributed by atoms with Crippen LogP contribution in [0.25, 0.3) is 0 Å². The molecule has 2 rings (SSSR count). The summed E-state index contributed by atoms with van der Waals surface area (Å²) >= 11 is 0. The number of ether oxygens (including phenoxy) is 2. The molecule has 1 heterocycles. The Morgan fingerprint density at radius 3 is 2.08 bits per heavy atom. The number of nitrogens with zero attached hydrogens (tertiary/aromatic N) is 1. The molecule has 26 heavy (non-hydrogen) atoms. The lowest BCUT2D eigenvalue weighted by atomic mass is 10.2. The van der Waals surface area contributed by atoms with Gasteiger partial charge in [-0.2, -0.15) is 0 Å². The maximum atomic E-state index is 13.7. The van der Waals surface area contributed by atoms with Crippen molar-refractivity contribution in [2.45, 2.75) is 32.5 Å². The highest BCUT2D eigenvalue weighted by Gasteiger charge is 2.56. The summed E-state index contributed by atoms with van der Waals surface area (Å²) in [7, 11) is -0.896. The molecule has 0 aromatic heterocycles. The Labute approximate surface area is 154 Å². The van der Waals surface area contributed by atoms with Crippen LogP contribution in [0, 0.1) is 0 Å². The Balaban J connectivity index is 2.68. The summed E-state index contributed by atoms with van der Waals surface area (Å²) in [5, 5.41) is 0. The van der Waals surface area contributed by atoms with Crippen LogP contribution in [0.3, 0.4) is 0 Å². The van der Waals surface area contributed by atoms with Gasteiger partial charge >= 0.3 is 7.60 Å². The van der Waals surface area contributed by atoms with Gasteiger partial charge in [0.05, 0.1) is 13.2 Å². The van der Waals surface area contributed by atoms with E-state index in [2.05, 4.69) is 0 Å². The fraction of sp³-hybridized carbons (Fsp3) is 0.500. The minimum Gasteiger partial charge on any atom is -0.332 e. The number of methoxy groups -OCH3 is 2. The smallest absolute Gasteiger partial charge is 0.332 e. The highest BCUT2D eigenvalue weighted by Crippen LogP contribution is 2.64. The second kappa shape index (κ2) is 8.46. The van der Waals surface area contributed by atoms with Crippen LogP contribution >= 0.6 is 7.60 Å². The summed E-state index contributed by atoms with van der Waals surface area (Å²) in [6.07, 6.45) is 1.41. The van der Waals surface area contributed by atoms with Crippen LogP contribution in [0.1, 0.15) is 32.1 Å². The number of hydrogen-bond acceptors (Lipinski definition) is 6. The van der Waals surface area contributed by atoms with Gasteiger partial charge in [0, 0.05) is 25.9 Å². The number of hydrogen-bond donors (Lipinski definition) is 0. The molecular formula is C18H26NO6P. The van der Waals surface area contributed by atoms with Crippen LogP contribution in [0.5, 0.6) is 0 Å². The number of rotatable bonds is 9. The maximum absolute atomic E-state index is 13.7. The zero-order valence-electron chi connectivity index (χ0n) is 15.8. The molecule has 0 N–H and O–H groups in total. The van der Waals surface area contributed by atoms with Crippen LogP contribution in [-0.4, -0.2) is 44.2 Å². The minimum atomic E-state index is -3.76. The predicted molar refractivity (Wildman–Crippen MR) is 97.4 cm³/mol. The van der Waals surface area contributed by atoms with E-state index >= 15 is 0 Å². The topological polar surface area (TPSA) is 74.3 Å². The molecule has 1 unspecified atom stereocenters. The van der Waals surface area contributed by atoms with Crippen molar-refractivity contribution >= 4 is 13.5 Å². The summed E-state index contributed by atoms with van der Waals surface area (Å²) in [6, 6.07) is 8.97. The number of carbonyl (C=O) groups excluding carboxylic acids is 1. The van der Waals surface area contributed by atoms with E-state index in [0.717, 1.165) is 0 Å². The fourth-order valence-electron chi connectivity index (χ4n) is 3.20. The Kier molecular flexibility index (Phi) is 6.77. The van der Waals surface area contributed by atoms with Crippen LogP contribution in [0.15, 0.2) is 42.0 Å². The van der Waals surface area contributed by atoms with Gasteiger partial charge in [-0.1, -0.05) is 30.3 Å². The van der Waals surface area contributed by atoms with Crippen LogP contribution < -0.4 is 0 Å².